The zero-order valence-corrected chi connectivity index (χ0v) is 11.3. The summed E-state index contributed by atoms with van der Waals surface area (Å²) >= 11 is 3.34. The Labute approximate surface area is 114 Å². The number of anilines is 1. The molecule has 0 unspecified atom stereocenters. The number of nitrogen functional groups attached to an aromatic ring is 1. The van der Waals surface area contributed by atoms with Crippen LogP contribution in [-0.2, 0) is 0 Å². The molecule has 94 valence electrons. The number of para-hydroxylation sites is 1. The quantitative estimate of drug-likeness (QED) is 0.863. The predicted molar refractivity (Wildman–Crippen MR) is 73.8 cm³/mol. The molecule has 0 saturated carbocycles. The van der Waals surface area contributed by atoms with Crippen LogP contribution in [0.4, 0.5) is 5.69 Å². The fourth-order valence-electron chi connectivity index (χ4n) is 1.36. The summed E-state index contributed by atoms with van der Waals surface area (Å²) in [5, 5.41) is 0. The first-order valence-electron chi connectivity index (χ1n) is 5.47. The molecule has 2 N–H and O–H groups in total. The van der Waals surface area contributed by atoms with E-state index in [0.29, 0.717) is 24.8 Å². The van der Waals surface area contributed by atoms with Gasteiger partial charge in [0.15, 0.2) is 0 Å². The maximum absolute atomic E-state index is 5.59. The molecule has 0 atom stereocenters. The summed E-state index contributed by atoms with van der Waals surface area (Å²) in [5.74, 6) is 1.34. The minimum Gasteiger partial charge on any atom is -0.490 e. The van der Waals surface area contributed by atoms with Crippen LogP contribution >= 0.6 is 15.9 Å². The van der Waals surface area contributed by atoms with Crippen LogP contribution in [0.1, 0.15) is 0 Å². The van der Waals surface area contributed by atoms with Crippen molar-refractivity contribution < 1.29 is 9.47 Å². The molecule has 4 nitrogen and oxygen atoms in total. The molecule has 0 spiro atoms. The zero-order chi connectivity index (χ0) is 12.8. The van der Waals surface area contributed by atoms with E-state index in [1.54, 1.807) is 12.3 Å². The van der Waals surface area contributed by atoms with Crippen molar-refractivity contribution in [2.45, 2.75) is 0 Å². The van der Waals surface area contributed by atoms with E-state index in [0.717, 1.165) is 10.2 Å². The minimum absolute atomic E-state index is 0.421. The molecule has 0 aliphatic heterocycles. The van der Waals surface area contributed by atoms with E-state index in [1.807, 2.05) is 30.3 Å². The first-order chi connectivity index (χ1) is 8.75. The van der Waals surface area contributed by atoms with Gasteiger partial charge in [-0.1, -0.05) is 18.2 Å². The highest BCUT2D eigenvalue weighted by Crippen LogP contribution is 2.23. The van der Waals surface area contributed by atoms with Crippen molar-refractivity contribution in [1.82, 2.24) is 4.98 Å². The van der Waals surface area contributed by atoms with Crippen LogP contribution in [0.15, 0.2) is 47.1 Å². The second kappa shape index (κ2) is 6.26. The van der Waals surface area contributed by atoms with Gasteiger partial charge in [-0.15, -0.1) is 0 Å². The molecule has 0 aliphatic rings. The average molecular weight is 309 g/mol. The van der Waals surface area contributed by atoms with E-state index in [4.69, 9.17) is 15.2 Å². The molecule has 0 radical (unpaired) electrons. The summed E-state index contributed by atoms with van der Waals surface area (Å²) in [7, 11) is 0. The Morgan fingerprint density at radius 2 is 1.83 bits per heavy atom. The molecule has 0 fully saturated rings. The van der Waals surface area contributed by atoms with Crippen LogP contribution in [0.5, 0.6) is 11.6 Å². The van der Waals surface area contributed by atoms with Crippen LogP contribution in [0, 0.1) is 0 Å². The van der Waals surface area contributed by atoms with Crippen molar-refractivity contribution in [3.63, 3.8) is 0 Å². The first-order valence-corrected chi connectivity index (χ1v) is 6.26. The van der Waals surface area contributed by atoms with E-state index in [-0.39, 0.29) is 0 Å². The summed E-state index contributed by atoms with van der Waals surface area (Å²) in [6, 6.07) is 11.3. The van der Waals surface area contributed by atoms with Crippen molar-refractivity contribution >= 4 is 21.6 Å². The standard InChI is InChI=1S/C13H13BrN2O2/c14-12-8-10(15)9-16-13(12)18-7-6-17-11-4-2-1-3-5-11/h1-5,8-9H,6-7,15H2. The van der Waals surface area contributed by atoms with Crippen LogP contribution in [-0.4, -0.2) is 18.2 Å². The molecule has 0 aliphatic carbocycles. The van der Waals surface area contributed by atoms with Crippen molar-refractivity contribution in [3.8, 4) is 11.6 Å². The molecule has 1 aromatic heterocycles. The number of aromatic nitrogens is 1. The second-order valence-corrected chi connectivity index (χ2v) is 4.42. The molecule has 0 saturated heterocycles. The van der Waals surface area contributed by atoms with Gasteiger partial charge >= 0.3 is 0 Å². The van der Waals surface area contributed by atoms with Crippen LogP contribution in [0.25, 0.3) is 0 Å². The second-order valence-electron chi connectivity index (χ2n) is 3.57. The lowest BCUT2D eigenvalue weighted by atomic mass is 10.3. The number of ether oxygens (including phenoxy) is 2. The SMILES string of the molecule is Nc1cnc(OCCOc2ccccc2)c(Br)c1. The fourth-order valence-corrected chi connectivity index (χ4v) is 1.84. The van der Waals surface area contributed by atoms with Gasteiger partial charge in [-0.3, -0.25) is 0 Å². The van der Waals surface area contributed by atoms with Gasteiger partial charge in [0.1, 0.15) is 19.0 Å². The highest BCUT2D eigenvalue weighted by Gasteiger charge is 2.03. The molecular formula is C13H13BrN2O2. The van der Waals surface area contributed by atoms with Gasteiger partial charge < -0.3 is 15.2 Å². The Bertz CT molecular complexity index is 506. The summed E-state index contributed by atoms with van der Waals surface area (Å²) in [5.41, 5.74) is 6.18. The van der Waals surface area contributed by atoms with Crippen LogP contribution in [0.2, 0.25) is 0 Å². The van der Waals surface area contributed by atoms with Gasteiger partial charge in [-0.25, -0.2) is 4.98 Å². The summed E-state index contributed by atoms with van der Waals surface area (Å²) in [6.45, 7) is 0.882. The zero-order valence-electron chi connectivity index (χ0n) is 9.67. The number of nitrogens with two attached hydrogens (primary N) is 1. The Morgan fingerprint density at radius 3 is 2.56 bits per heavy atom. The largest absolute Gasteiger partial charge is 0.490 e. The molecular weight excluding hydrogens is 296 g/mol. The van der Waals surface area contributed by atoms with Gasteiger partial charge in [0.05, 0.1) is 16.4 Å². The van der Waals surface area contributed by atoms with Crippen molar-refractivity contribution in [2.75, 3.05) is 18.9 Å². The summed E-state index contributed by atoms with van der Waals surface area (Å²) in [4.78, 5) is 4.07. The molecule has 2 rings (SSSR count). The minimum atomic E-state index is 0.421. The van der Waals surface area contributed by atoms with E-state index >= 15 is 0 Å². The molecule has 0 amide bonds. The number of rotatable bonds is 5. The highest BCUT2D eigenvalue weighted by atomic mass is 79.9. The molecule has 1 aromatic carbocycles. The van der Waals surface area contributed by atoms with Crippen molar-refractivity contribution in [2.24, 2.45) is 0 Å². The topological polar surface area (TPSA) is 57.4 Å². The number of hydrogen-bond donors (Lipinski definition) is 1. The Balaban J connectivity index is 1.79. The molecule has 1 heterocycles. The van der Waals surface area contributed by atoms with E-state index in [1.165, 1.54) is 0 Å². The van der Waals surface area contributed by atoms with Crippen LogP contribution < -0.4 is 15.2 Å². The van der Waals surface area contributed by atoms with Gasteiger partial charge in [-0.2, -0.15) is 0 Å². The third-order valence-corrected chi connectivity index (χ3v) is 2.73. The summed E-state index contributed by atoms with van der Waals surface area (Å²) < 4.78 is 11.7. The fraction of sp³-hybridized carbons (Fsp3) is 0.154. The third-order valence-electron chi connectivity index (χ3n) is 2.16. The van der Waals surface area contributed by atoms with E-state index in [9.17, 15) is 0 Å². The number of hydrogen-bond acceptors (Lipinski definition) is 4. The van der Waals surface area contributed by atoms with Crippen molar-refractivity contribution in [3.05, 3.63) is 47.1 Å². The lowest BCUT2D eigenvalue weighted by molar-refractivity contribution is 0.211. The Kier molecular flexibility index (Phi) is 4.41. The molecule has 18 heavy (non-hydrogen) atoms. The maximum Gasteiger partial charge on any atom is 0.228 e. The number of halogens is 1. The number of pyridine rings is 1. The predicted octanol–water partition coefficient (Wildman–Crippen LogP) is 2.88. The van der Waals surface area contributed by atoms with Gasteiger partial charge in [-0.05, 0) is 34.1 Å². The summed E-state index contributed by atoms with van der Waals surface area (Å²) in [6.07, 6.45) is 1.55. The molecule has 2 aromatic rings. The van der Waals surface area contributed by atoms with Gasteiger partial charge in [0, 0.05) is 0 Å². The molecule has 5 heteroatoms. The van der Waals surface area contributed by atoms with E-state index < -0.39 is 0 Å². The number of nitrogens with zero attached hydrogens (tertiary/aromatic N) is 1. The van der Waals surface area contributed by atoms with E-state index in [2.05, 4.69) is 20.9 Å². The highest BCUT2D eigenvalue weighted by molar-refractivity contribution is 9.10. The Morgan fingerprint density at radius 1 is 1.11 bits per heavy atom. The lowest BCUT2D eigenvalue weighted by Gasteiger charge is -2.08. The molecule has 0 bridgehead atoms. The monoisotopic (exact) mass is 308 g/mol. The third kappa shape index (κ3) is 3.63. The maximum atomic E-state index is 5.59. The van der Waals surface area contributed by atoms with Gasteiger partial charge in [0.2, 0.25) is 5.88 Å². The Hall–Kier alpha value is -1.75. The normalized spacial score (nSPS) is 10.1. The average Bonchev–Trinajstić information content (AvgIpc) is 2.38. The van der Waals surface area contributed by atoms with Gasteiger partial charge in [0.25, 0.3) is 0 Å². The first kappa shape index (κ1) is 12.7. The lowest BCUT2D eigenvalue weighted by Crippen LogP contribution is -2.10. The van der Waals surface area contributed by atoms with Crippen LogP contribution in [0.3, 0.4) is 0 Å². The van der Waals surface area contributed by atoms with Crippen molar-refractivity contribution in [1.29, 1.82) is 0 Å². The smallest absolute Gasteiger partial charge is 0.228 e. The number of benzene rings is 1.